The molecule has 0 aliphatic carbocycles. The van der Waals surface area contributed by atoms with Crippen molar-refractivity contribution in [1.29, 1.82) is 5.26 Å². The van der Waals surface area contributed by atoms with Crippen molar-refractivity contribution in [2.45, 2.75) is 19.8 Å². The standard InChI is InChI=1S/C17H14FNO/c1-5-14-16-11(6-12(9-19)17(14)18)7-13(20-4)8-15(16)10(2)3/h1,6-8,10H,2-4H3. The molecule has 0 amide bonds. The maximum Gasteiger partial charge on any atom is 0.157 e. The van der Waals surface area contributed by atoms with Gasteiger partial charge in [-0.15, -0.1) is 6.42 Å². The molecule has 2 aromatic rings. The van der Waals surface area contributed by atoms with E-state index in [0.29, 0.717) is 11.1 Å². The molecule has 3 heteroatoms. The van der Waals surface area contributed by atoms with Crippen LogP contribution in [0, 0.1) is 29.5 Å². The van der Waals surface area contributed by atoms with E-state index in [2.05, 4.69) is 5.92 Å². The zero-order valence-electron chi connectivity index (χ0n) is 11.6. The second kappa shape index (κ2) is 5.23. The van der Waals surface area contributed by atoms with Gasteiger partial charge in [0.2, 0.25) is 0 Å². The second-order valence-corrected chi connectivity index (χ2v) is 4.84. The quantitative estimate of drug-likeness (QED) is 0.771. The Kier molecular flexibility index (Phi) is 3.63. The third-order valence-electron chi connectivity index (χ3n) is 3.30. The van der Waals surface area contributed by atoms with Crippen LogP contribution in [0.25, 0.3) is 10.8 Å². The molecule has 0 atom stereocenters. The number of methoxy groups -OCH3 is 1. The Balaban J connectivity index is 3.02. The zero-order chi connectivity index (χ0) is 14.9. The van der Waals surface area contributed by atoms with E-state index in [1.165, 1.54) is 6.07 Å². The number of hydrogen-bond acceptors (Lipinski definition) is 2. The fourth-order valence-corrected chi connectivity index (χ4v) is 2.32. The Morgan fingerprint density at radius 1 is 1.30 bits per heavy atom. The highest BCUT2D eigenvalue weighted by Gasteiger charge is 2.17. The van der Waals surface area contributed by atoms with E-state index in [-0.39, 0.29) is 17.0 Å². The van der Waals surface area contributed by atoms with E-state index in [9.17, 15) is 4.39 Å². The van der Waals surface area contributed by atoms with Gasteiger partial charge in [0.1, 0.15) is 11.8 Å². The van der Waals surface area contributed by atoms with Gasteiger partial charge in [0.25, 0.3) is 0 Å². The molecule has 0 aliphatic rings. The maximum absolute atomic E-state index is 14.2. The number of halogens is 1. The summed E-state index contributed by atoms with van der Waals surface area (Å²) >= 11 is 0. The summed E-state index contributed by atoms with van der Waals surface area (Å²) in [6, 6.07) is 6.98. The van der Waals surface area contributed by atoms with Crippen molar-refractivity contribution in [3.8, 4) is 24.2 Å². The van der Waals surface area contributed by atoms with Crippen LogP contribution in [0.2, 0.25) is 0 Å². The average Bonchev–Trinajstić information content (AvgIpc) is 2.45. The molecule has 0 radical (unpaired) electrons. The van der Waals surface area contributed by atoms with Gasteiger partial charge in [-0.3, -0.25) is 0 Å². The van der Waals surface area contributed by atoms with Crippen molar-refractivity contribution in [2.75, 3.05) is 7.11 Å². The molecule has 0 heterocycles. The summed E-state index contributed by atoms with van der Waals surface area (Å²) in [6.07, 6.45) is 5.45. The minimum absolute atomic E-state index is 0.0478. The van der Waals surface area contributed by atoms with Crippen LogP contribution in [0.3, 0.4) is 0 Å². The Hall–Kier alpha value is -2.52. The summed E-state index contributed by atoms with van der Waals surface area (Å²) in [5.41, 5.74) is 1.01. The predicted octanol–water partition coefficient (Wildman–Crippen LogP) is 3.96. The van der Waals surface area contributed by atoms with Crippen molar-refractivity contribution in [3.05, 3.63) is 40.7 Å². The first-order valence-electron chi connectivity index (χ1n) is 6.24. The molecule has 0 bridgehead atoms. The highest BCUT2D eigenvalue weighted by molar-refractivity contribution is 5.94. The molecule has 100 valence electrons. The van der Waals surface area contributed by atoms with Gasteiger partial charge in [0.15, 0.2) is 5.82 Å². The van der Waals surface area contributed by atoms with E-state index < -0.39 is 5.82 Å². The molecular formula is C17H14FNO. The van der Waals surface area contributed by atoms with Crippen LogP contribution in [0.4, 0.5) is 4.39 Å². The molecule has 0 saturated carbocycles. The topological polar surface area (TPSA) is 33.0 Å². The number of rotatable bonds is 2. The highest BCUT2D eigenvalue weighted by atomic mass is 19.1. The molecule has 20 heavy (non-hydrogen) atoms. The summed E-state index contributed by atoms with van der Waals surface area (Å²) < 4.78 is 19.5. The number of nitrogens with zero attached hydrogens (tertiary/aromatic N) is 1. The van der Waals surface area contributed by atoms with E-state index >= 15 is 0 Å². The number of terminal acetylenes is 1. The molecule has 0 fully saturated rings. The summed E-state index contributed by atoms with van der Waals surface area (Å²) in [4.78, 5) is 0. The zero-order valence-corrected chi connectivity index (χ0v) is 11.6. The molecule has 0 aromatic heterocycles. The molecule has 0 N–H and O–H groups in total. The number of fused-ring (bicyclic) bond motifs is 1. The Labute approximate surface area is 117 Å². The molecule has 0 spiro atoms. The summed E-state index contributed by atoms with van der Waals surface area (Å²) in [6.45, 7) is 4.01. The molecule has 0 saturated heterocycles. The van der Waals surface area contributed by atoms with Crippen LogP contribution in [-0.2, 0) is 0 Å². The van der Waals surface area contributed by atoms with Crippen LogP contribution in [-0.4, -0.2) is 7.11 Å². The molecule has 2 rings (SSSR count). The second-order valence-electron chi connectivity index (χ2n) is 4.84. The van der Waals surface area contributed by atoms with Crippen molar-refractivity contribution in [1.82, 2.24) is 0 Å². The van der Waals surface area contributed by atoms with Crippen molar-refractivity contribution in [2.24, 2.45) is 0 Å². The first-order chi connectivity index (χ1) is 9.53. The number of ether oxygens (including phenoxy) is 1. The van der Waals surface area contributed by atoms with Crippen LogP contribution in [0.15, 0.2) is 18.2 Å². The summed E-state index contributed by atoms with van der Waals surface area (Å²) in [5.74, 6) is 2.57. The molecular weight excluding hydrogens is 253 g/mol. The monoisotopic (exact) mass is 267 g/mol. The van der Waals surface area contributed by atoms with Crippen LogP contribution < -0.4 is 4.74 Å². The third kappa shape index (κ3) is 2.08. The third-order valence-corrected chi connectivity index (χ3v) is 3.30. The van der Waals surface area contributed by atoms with Crippen LogP contribution in [0.1, 0.15) is 36.5 Å². The smallest absolute Gasteiger partial charge is 0.157 e. The fraction of sp³-hybridized carbons (Fsp3) is 0.235. The lowest BCUT2D eigenvalue weighted by atomic mass is 9.91. The van der Waals surface area contributed by atoms with Crippen LogP contribution in [0.5, 0.6) is 5.75 Å². The maximum atomic E-state index is 14.2. The highest BCUT2D eigenvalue weighted by Crippen LogP contribution is 2.34. The first kappa shape index (κ1) is 13.9. The predicted molar refractivity (Wildman–Crippen MR) is 77.2 cm³/mol. The van der Waals surface area contributed by atoms with E-state index in [1.54, 1.807) is 13.2 Å². The Morgan fingerprint density at radius 3 is 2.50 bits per heavy atom. The lowest BCUT2D eigenvalue weighted by Crippen LogP contribution is -1.99. The molecule has 2 nitrogen and oxygen atoms in total. The number of benzene rings is 2. The van der Waals surface area contributed by atoms with Gasteiger partial charge in [-0.1, -0.05) is 19.8 Å². The van der Waals surface area contributed by atoms with Gasteiger partial charge in [-0.2, -0.15) is 5.26 Å². The van der Waals surface area contributed by atoms with Gasteiger partial charge < -0.3 is 4.74 Å². The van der Waals surface area contributed by atoms with Gasteiger partial charge in [0, 0.05) is 5.39 Å². The Bertz CT molecular complexity index is 763. The molecule has 0 unspecified atom stereocenters. The fourth-order valence-electron chi connectivity index (χ4n) is 2.32. The minimum atomic E-state index is -0.630. The van der Waals surface area contributed by atoms with E-state index in [0.717, 1.165) is 10.9 Å². The SMILES string of the molecule is C#Cc1c(F)c(C#N)cc2cc(OC)cc(C(C)C)c12. The van der Waals surface area contributed by atoms with Gasteiger partial charge in [-0.25, -0.2) is 4.39 Å². The molecule has 0 aliphatic heterocycles. The van der Waals surface area contributed by atoms with E-state index in [4.69, 9.17) is 16.4 Å². The summed E-state index contributed by atoms with van der Waals surface area (Å²) in [5, 5.41) is 10.4. The normalized spacial score (nSPS) is 10.3. The van der Waals surface area contributed by atoms with Crippen molar-refractivity contribution >= 4 is 10.8 Å². The Morgan fingerprint density at radius 2 is 2.00 bits per heavy atom. The van der Waals surface area contributed by atoms with Crippen molar-refractivity contribution < 1.29 is 9.13 Å². The van der Waals surface area contributed by atoms with Gasteiger partial charge in [-0.05, 0) is 35.1 Å². The van der Waals surface area contributed by atoms with Crippen LogP contribution >= 0.6 is 0 Å². The molecule has 2 aromatic carbocycles. The van der Waals surface area contributed by atoms with Gasteiger partial charge in [0.05, 0.1) is 18.2 Å². The number of hydrogen-bond donors (Lipinski definition) is 0. The summed E-state index contributed by atoms with van der Waals surface area (Å²) in [7, 11) is 1.57. The van der Waals surface area contributed by atoms with Gasteiger partial charge >= 0.3 is 0 Å². The lowest BCUT2D eigenvalue weighted by molar-refractivity contribution is 0.414. The first-order valence-corrected chi connectivity index (χ1v) is 6.24. The van der Waals surface area contributed by atoms with E-state index in [1.807, 2.05) is 26.0 Å². The largest absolute Gasteiger partial charge is 0.497 e. The minimum Gasteiger partial charge on any atom is -0.497 e. The number of nitriles is 1. The lowest BCUT2D eigenvalue weighted by Gasteiger charge is -2.15. The van der Waals surface area contributed by atoms with Crippen molar-refractivity contribution in [3.63, 3.8) is 0 Å². The average molecular weight is 267 g/mol.